The molecule has 2 N–H and O–H groups in total. The Morgan fingerprint density at radius 2 is 1.50 bits per heavy atom. The minimum atomic E-state index is 0.245. The van der Waals surface area contributed by atoms with E-state index in [0.29, 0.717) is 5.84 Å². The van der Waals surface area contributed by atoms with Crippen molar-refractivity contribution < 1.29 is 0 Å². The number of rotatable bonds is 3. The van der Waals surface area contributed by atoms with Gasteiger partial charge in [0.1, 0.15) is 5.84 Å². The van der Waals surface area contributed by atoms with Crippen molar-refractivity contribution in [1.82, 2.24) is 0 Å². The topological polar surface area (TPSA) is 38.4 Å². The van der Waals surface area contributed by atoms with Crippen LogP contribution in [0.15, 0.2) is 58.0 Å². The van der Waals surface area contributed by atoms with E-state index in [2.05, 4.69) is 33.1 Å². The highest BCUT2D eigenvalue weighted by atomic mass is 79.9. The van der Waals surface area contributed by atoms with Gasteiger partial charge < -0.3 is 5.73 Å². The van der Waals surface area contributed by atoms with E-state index < -0.39 is 0 Å². The first-order valence-corrected chi connectivity index (χ1v) is 6.77. The van der Waals surface area contributed by atoms with Gasteiger partial charge in [0.25, 0.3) is 0 Å². The van der Waals surface area contributed by atoms with E-state index in [9.17, 15) is 0 Å². The van der Waals surface area contributed by atoms with Crippen molar-refractivity contribution in [2.45, 2.75) is 0 Å². The lowest BCUT2D eigenvalue weighted by Gasteiger charge is -2.03. The molecule has 0 saturated carbocycles. The summed E-state index contributed by atoms with van der Waals surface area (Å²) in [5.74, 6) is 0.669. The summed E-state index contributed by atoms with van der Waals surface area (Å²) < 4.78 is 1.07. The van der Waals surface area contributed by atoms with Crippen LogP contribution in [0.2, 0.25) is 0 Å². The number of amidine groups is 1. The standard InChI is InChI=1S/C14H12BrClN2/c15-12-5-1-10(2-6-12)11-3-7-13(8-4-11)18-14(17)9-16/h1-8H,9H2,(H2,17,18). The second kappa shape index (κ2) is 6.03. The largest absolute Gasteiger partial charge is 0.386 e. The van der Waals surface area contributed by atoms with Crippen LogP contribution in [0, 0.1) is 0 Å². The monoisotopic (exact) mass is 322 g/mol. The van der Waals surface area contributed by atoms with Crippen LogP contribution in [-0.2, 0) is 0 Å². The Hall–Kier alpha value is -1.32. The van der Waals surface area contributed by atoms with Crippen molar-refractivity contribution in [3.8, 4) is 11.1 Å². The fourth-order valence-electron chi connectivity index (χ4n) is 1.57. The van der Waals surface area contributed by atoms with Gasteiger partial charge in [0.15, 0.2) is 0 Å². The number of hydrogen-bond donors (Lipinski definition) is 1. The van der Waals surface area contributed by atoms with Crippen molar-refractivity contribution in [2.75, 3.05) is 5.88 Å². The zero-order valence-electron chi connectivity index (χ0n) is 9.61. The molecule has 0 atom stereocenters. The summed E-state index contributed by atoms with van der Waals surface area (Å²) in [5.41, 5.74) is 8.71. The molecule has 0 aliphatic rings. The Kier molecular flexibility index (Phi) is 4.39. The highest BCUT2D eigenvalue weighted by Crippen LogP contribution is 2.24. The van der Waals surface area contributed by atoms with Crippen molar-refractivity contribution in [3.63, 3.8) is 0 Å². The molecule has 2 aromatic carbocycles. The SMILES string of the molecule is NC(CCl)=Nc1ccc(-c2ccc(Br)cc2)cc1. The van der Waals surface area contributed by atoms with Crippen LogP contribution in [0.25, 0.3) is 11.1 Å². The molecule has 0 unspecified atom stereocenters. The first-order valence-electron chi connectivity index (χ1n) is 5.44. The molecule has 0 saturated heterocycles. The molecule has 2 nitrogen and oxygen atoms in total. The Bertz CT molecular complexity index is 547. The average molecular weight is 324 g/mol. The van der Waals surface area contributed by atoms with E-state index in [-0.39, 0.29) is 5.88 Å². The molecule has 2 rings (SSSR count). The summed E-state index contributed by atoms with van der Waals surface area (Å²) in [6, 6.07) is 16.1. The van der Waals surface area contributed by atoms with Crippen LogP contribution in [0.5, 0.6) is 0 Å². The predicted octanol–water partition coefficient (Wildman–Crippen LogP) is 4.34. The van der Waals surface area contributed by atoms with Gasteiger partial charge in [-0.2, -0.15) is 0 Å². The third-order valence-electron chi connectivity index (χ3n) is 2.45. The summed E-state index contributed by atoms with van der Waals surface area (Å²) in [4.78, 5) is 4.18. The molecule has 0 aromatic heterocycles. The molecule has 0 fully saturated rings. The first kappa shape index (κ1) is 13.1. The Morgan fingerprint density at radius 3 is 2.00 bits per heavy atom. The summed E-state index contributed by atoms with van der Waals surface area (Å²) in [7, 11) is 0. The van der Waals surface area contributed by atoms with E-state index in [1.165, 1.54) is 5.56 Å². The second-order valence-electron chi connectivity index (χ2n) is 3.79. The second-order valence-corrected chi connectivity index (χ2v) is 4.97. The van der Waals surface area contributed by atoms with Gasteiger partial charge in [-0.1, -0.05) is 40.2 Å². The Morgan fingerprint density at radius 1 is 1.00 bits per heavy atom. The van der Waals surface area contributed by atoms with E-state index in [1.807, 2.05) is 36.4 Å². The third kappa shape index (κ3) is 3.34. The fraction of sp³-hybridized carbons (Fsp3) is 0.0714. The molecule has 0 bridgehead atoms. The average Bonchev–Trinajstić information content (AvgIpc) is 2.40. The molecule has 0 aliphatic heterocycles. The predicted molar refractivity (Wildman–Crippen MR) is 81.6 cm³/mol. The van der Waals surface area contributed by atoms with Gasteiger partial charge in [0.05, 0.1) is 11.6 Å². The number of nitrogens with two attached hydrogens (primary N) is 1. The molecular weight excluding hydrogens is 312 g/mol. The maximum absolute atomic E-state index is 5.58. The molecule has 92 valence electrons. The van der Waals surface area contributed by atoms with E-state index in [4.69, 9.17) is 17.3 Å². The molecule has 2 aromatic rings. The molecular formula is C14H12BrClN2. The number of nitrogens with zero attached hydrogens (tertiary/aromatic N) is 1. The minimum absolute atomic E-state index is 0.245. The van der Waals surface area contributed by atoms with Crippen LogP contribution < -0.4 is 5.73 Å². The number of alkyl halides is 1. The van der Waals surface area contributed by atoms with Gasteiger partial charge in [-0.25, -0.2) is 4.99 Å². The zero-order valence-corrected chi connectivity index (χ0v) is 11.9. The quantitative estimate of drug-likeness (QED) is 0.509. The van der Waals surface area contributed by atoms with Crippen molar-refractivity contribution in [2.24, 2.45) is 10.7 Å². The smallest absolute Gasteiger partial charge is 0.115 e. The van der Waals surface area contributed by atoms with Gasteiger partial charge >= 0.3 is 0 Å². The van der Waals surface area contributed by atoms with Crippen LogP contribution in [-0.4, -0.2) is 11.7 Å². The number of benzene rings is 2. The molecule has 0 amide bonds. The number of hydrogen-bond acceptors (Lipinski definition) is 1. The highest BCUT2D eigenvalue weighted by Gasteiger charge is 1.98. The first-order chi connectivity index (χ1) is 8.69. The highest BCUT2D eigenvalue weighted by molar-refractivity contribution is 9.10. The van der Waals surface area contributed by atoms with Gasteiger partial charge in [0.2, 0.25) is 0 Å². The van der Waals surface area contributed by atoms with Gasteiger partial charge in [-0.05, 0) is 35.4 Å². The van der Waals surface area contributed by atoms with Crippen molar-refractivity contribution in [3.05, 3.63) is 53.0 Å². The number of aliphatic imine (C=N–C) groups is 1. The molecule has 0 heterocycles. The Balaban J connectivity index is 2.25. The molecule has 0 radical (unpaired) electrons. The van der Waals surface area contributed by atoms with E-state index in [0.717, 1.165) is 15.7 Å². The summed E-state index contributed by atoms with van der Waals surface area (Å²) >= 11 is 9.00. The maximum atomic E-state index is 5.58. The van der Waals surface area contributed by atoms with Gasteiger partial charge in [0, 0.05) is 4.47 Å². The fourth-order valence-corrected chi connectivity index (χ4v) is 1.89. The zero-order chi connectivity index (χ0) is 13.0. The van der Waals surface area contributed by atoms with Crippen LogP contribution in [0.1, 0.15) is 0 Å². The lowest BCUT2D eigenvalue weighted by molar-refractivity contribution is 1.45. The third-order valence-corrected chi connectivity index (χ3v) is 3.26. The van der Waals surface area contributed by atoms with E-state index >= 15 is 0 Å². The van der Waals surface area contributed by atoms with Crippen molar-refractivity contribution in [1.29, 1.82) is 0 Å². The molecule has 0 aliphatic carbocycles. The lowest BCUT2D eigenvalue weighted by atomic mass is 10.1. The summed E-state index contributed by atoms with van der Waals surface area (Å²) in [5, 5.41) is 0. The maximum Gasteiger partial charge on any atom is 0.115 e. The Labute approximate surface area is 120 Å². The minimum Gasteiger partial charge on any atom is -0.386 e. The number of halogens is 2. The summed E-state index contributed by atoms with van der Waals surface area (Å²) in [6.07, 6.45) is 0. The van der Waals surface area contributed by atoms with Crippen LogP contribution in [0.3, 0.4) is 0 Å². The van der Waals surface area contributed by atoms with E-state index in [1.54, 1.807) is 0 Å². The molecule has 0 spiro atoms. The van der Waals surface area contributed by atoms with Crippen LogP contribution >= 0.6 is 27.5 Å². The van der Waals surface area contributed by atoms with Crippen LogP contribution in [0.4, 0.5) is 5.69 Å². The normalized spacial score (nSPS) is 11.6. The van der Waals surface area contributed by atoms with Crippen molar-refractivity contribution >= 4 is 39.1 Å². The molecule has 18 heavy (non-hydrogen) atoms. The van der Waals surface area contributed by atoms with Gasteiger partial charge in [-0.15, -0.1) is 11.6 Å². The molecule has 4 heteroatoms. The lowest BCUT2D eigenvalue weighted by Crippen LogP contribution is -2.12. The summed E-state index contributed by atoms with van der Waals surface area (Å²) in [6.45, 7) is 0. The van der Waals surface area contributed by atoms with Gasteiger partial charge in [-0.3, -0.25) is 0 Å².